The van der Waals surface area contributed by atoms with Crippen molar-refractivity contribution in [3.05, 3.63) is 40.9 Å². The number of nitrogens with zero attached hydrogens (tertiary/aromatic N) is 1. The lowest BCUT2D eigenvalue weighted by Crippen LogP contribution is -2.32. The molecule has 3 rings (SSSR count). The summed E-state index contributed by atoms with van der Waals surface area (Å²) in [5.41, 5.74) is 1.61. The molecule has 1 N–H and O–H groups in total. The van der Waals surface area contributed by atoms with Gasteiger partial charge in [0, 0.05) is 23.7 Å². The number of amides is 3. The van der Waals surface area contributed by atoms with Crippen LogP contribution in [-0.2, 0) is 14.4 Å². The minimum atomic E-state index is -0.208. The van der Waals surface area contributed by atoms with Gasteiger partial charge in [0.15, 0.2) is 0 Å². The van der Waals surface area contributed by atoms with Crippen LogP contribution in [0.2, 0.25) is 5.02 Å². The van der Waals surface area contributed by atoms with Gasteiger partial charge in [0.1, 0.15) is 0 Å². The van der Waals surface area contributed by atoms with Crippen molar-refractivity contribution >= 4 is 35.0 Å². The molecule has 0 radical (unpaired) electrons. The Morgan fingerprint density at radius 1 is 1.20 bits per heavy atom. The first-order valence-corrected chi connectivity index (χ1v) is 8.91. The Balaban J connectivity index is 1.51. The molecule has 25 heavy (non-hydrogen) atoms. The highest BCUT2D eigenvalue weighted by Crippen LogP contribution is 2.35. The SMILES string of the molecule is Cc1ccc(Cl)cc1NC(=O)CCCN1C(=O)[C@H]2CC=CC[C@H]2C1=O. The molecule has 2 aliphatic rings. The van der Waals surface area contributed by atoms with Crippen LogP contribution in [0.5, 0.6) is 0 Å². The second-order valence-electron chi connectivity index (χ2n) is 6.59. The van der Waals surface area contributed by atoms with Gasteiger partial charge >= 0.3 is 0 Å². The average Bonchev–Trinajstić information content (AvgIpc) is 2.83. The Hall–Kier alpha value is -2.14. The summed E-state index contributed by atoms with van der Waals surface area (Å²) in [6.07, 6.45) is 5.92. The van der Waals surface area contributed by atoms with Crippen LogP contribution in [0.25, 0.3) is 0 Å². The quantitative estimate of drug-likeness (QED) is 0.647. The topological polar surface area (TPSA) is 66.5 Å². The molecule has 0 aromatic heterocycles. The Kier molecular flexibility index (Phi) is 5.23. The monoisotopic (exact) mass is 360 g/mol. The van der Waals surface area contributed by atoms with Crippen molar-refractivity contribution < 1.29 is 14.4 Å². The van der Waals surface area contributed by atoms with Crippen molar-refractivity contribution in [2.75, 3.05) is 11.9 Å². The zero-order chi connectivity index (χ0) is 18.0. The molecule has 132 valence electrons. The normalized spacial score (nSPS) is 22.2. The molecule has 3 amide bonds. The van der Waals surface area contributed by atoms with Crippen molar-refractivity contribution in [1.82, 2.24) is 4.90 Å². The summed E-state index contributed by atoms with van der Waals surface area (Å²) in [6.45, 7) is 2.19. The van der Waals surface area contributed by atoms with Crippen LogP contribution in [-0.4, -0.2) is 29.2 Å². The highest BCUT2D eigenvalue weighted by Gasteiger charge is 2.46. The molecule has 5 nitrogen and oxygen atoms in total. The maximum atomic E-state index is 12.4. The van der Waals surface area contributed by atoms with Crippen LogP contribution >= 0.6 is 11.6 Å². The number of benzene rings is 1. The molecule has 1 saturated heterocycles. The minimum absolute atomic E-state index is 0.0922. The number of aryl methyl sites for hydroxylation is 1. The van der Waals surface area contributed by atoms with E-state index in [0.29, 0.717) is 36.5 Å². The number of carbonyl (C=O) groups is 3. The van der Waals surface area contributed by atoms with E-state index in [1.54, 1.807) is 12.1 Å². The Labute approximate surface area is 152 Å². The van der Waals surface area contributed by atoms with E-state index in [0.717, 1.165) is 5.56 Å². The molecule has 1 aliphatic carbocycles. The molecule has 0 saturated carbocycles. The van der Waals surface area contributed by atoms with Crippen LogP contribution in [0.1, 0.15) is 31.2 Å². The second-order valence-corrected chi connectivity index (χ2v) is 7.03. The summed E-state index contributed by atoms with van der Waals surface area (Å²) in [6, 6.07) is 5.32. The first-order chi connectivity index (χ1) is 12.0. The number of hydrogen-bond donors (Lipinski definition) is 1. The molecule has 0 bridgehead atoms. The van der Waals surface area contributed by atoms with Crippen LogP contribution in [0.4, 0.5) is 5.69 Å². The number of carbonyl (C=O) groups excluding carboxylic acids is 3. The van der Waals surface area contributed by atoms with E-state index < -0.39 is 0 Å². The minimum Gasteiger partial charge on any atom is -0.326 e. The molecule has 2 atom stereocenters. The van der Waals surface area contributed by atoms with Crippen molar-refractivity contribution in [1.29, 1.82) is 0 Å². The summed E-state index contributed by atoms with van der Waals surface area (Å²) in [7, 11) is 0. The third-order valence-corrected chi connectivity index (χ3v) is 5.09. The van der Waals surface area contributed by atoms with Crippen LogP contribution in [0, 0.1) is 18.8 Å². The zero-order valence-corrected chi connectivity index (χ0v) is 14.9. The van der Waals surface area contributed by atoms with Gasteiger partial charge in [-0.25, -0.2) is 0 Å². The van der Waals surface area contributed by atoms with Gasteiger partial charge in [-0.2, -0.15) is 0 Å². The fraction of sp³-hybridized carbons (Fsp3) is 0.421. The van der Waals surface area contributed by atoms with Crippen LogP contribution in [0.3, 0.4) is 0 Å². The number of fused-ring (bicyclic) bond motifs is 1. The van der Waals surface area contributed by atoms with E-state index in [1.807, 2.05) is 25.1 Å². The van der Waals surface area contributed by atoms with Gasteiger partial charge in [-0.1, -0.05) is 29.8 Å². The maximum absolute atomic E-state index is 12.4. The summed E-state index contributed by atoms with van der Waals surface area (Å²) in [5.74, 6) is -0.750. The average molecular weight is 361 g/mol. The first-order valence-electron chi connectivity index (χ1n) is 8.53. The standard InChI is InChI=1S/C19H21ClN2O3/c1-12-8-9-13(20)11-16(12)21-17(23)7-4-10-22-18(24)14-5-2-3-6-15(14)19(22)25/h2-3,8-9,11,14-15H,4-7,10H2,1H3,(H,21,23)/t14-,15+. The maximum Gasteiger partial charge on any atom is 0.233 e. The number of anilines is 1. The highest BCUT2D eigenvalue weighted by atomic mass is 35.5. The third-order valence-electron chi connectivity index (χ3n) is 4.86. The van der Waals surface area contributed by atoms with Gasteiger partial charge < -0.3 is 5.32 Å². The van der Waals surface area contributed by atoms with Crippen molar-refractivity contribution in [3.63, 3.8) is 0 Å². The Morgan fingerprint density at radius 3 is 2.48 bits per heavy atom. The molecule has 0 spiro atoms. The predicted octanol–water partition coefficient (Wildman–Crippen LogP) is 3.32. The van der Waals surface area contributed by atoms with Gasteiger partial charge in [-0.3, -0.25) is 19.3 Å². The number of hydrogen-bond acceptors (Lipinski definition) is 3. The van der Waals surface area contributed by atoms with E-state index >= 15 is 0 Å². The molecule has 1 fully saturated rings. The largest absolute Gasteiger partial charge is 0.326 e. The van der Waals surface area contributed by atoms with Crippen molar-refractivity contribution in [2.24, 2.45) is 11.8 Å². The number of likely N-dealkylation sites (tertiary alicyclic amines) is 1. The fourth-order valence-corrected chi connectivity index (χ4v) is 3.60. The Bertz CT molecular complexity index is 718. The number of nitrogens with one attached hydrogen (secondary N) is 1. The number of halogens is 1. The third kappa shape index (κ3) is 3.76. The molecule has 1 aliphatic heterocycles. The highest BCUT2D eigenvalue weighted by molar-refractivity contribution is 6.31. The fourth-order valence-electron chi connectivity index (χ4n) is 3.43. The molecular weight excluding hydrogens is 340 g/mol. The summed E-state index contributed by atoms with van der Waals surface area (Å²) >= 11 is 5.94. The zero-order valence-electron chi connectivity index (χ0n) is 14.1. The van der Waals surface area contributed by atoms with E-state index in [4.69, 9.17) is 11.6 Å². The summed E-state index contributed by atoms with van der Waals surface area (Å²) in [5, 5.41) is 3.39. The second kappa shape index (κ2) is 7.40. The lowest BCUT2D eigenvalue weighted by atomic mass is 9.85. The van der Waals surface area contributed by atoms with Gasteiger partial charge in [0.25, 0.3) is 0 Å². The number of allylic oxidation sites excluding steroid dienone is 2. The molecular formula is C19H21ClN2O3. The lowest BCUT2D eigenvalue weighted by molar-refractivity contribution is -0.140. The van der Waals surface area contributed by atoms with E-state index in [1.165, 1.54) is 4.90 Å². The summed E-state index contributed by atoms with van der Waals surface area (Å²) in [4.78, 5) is 38.2. The first kappa shape index (κ1) is 17.7. The molecule has 1 aromatic carbocycles. The number of imide groups is 1. The smallest absolute Gasteiger partial charge is 0.233 e. The van der Waals surface area contributed by atoms with E-state index in [2.05, 4.69) is 5.32 Å². The van der Waals surface area contributed by atoms with E-state index in [-0.39, 0.29) is 36.0 Å². The summed E-state index contributed by atoms with van der Waals surface area (Å²) < 4.78 is 0. The molecule has 1 aromatic rings. The van der Waals surface area contributed by atoms with Gasteiger partial charge in [-0.15, -0.1) is 0 Å². The molecule has 1 heterocycles. The van der Waals surface area contributed by atoms with Gasteiger partial charge in [0.05, 0.1) is 11.8 Å². The number of rotatable bonds is 5. The van der Waals surface area contributed by atoms with Gasteiger partial charge in [0.2, 0.25) is 17.7 Å². The molecule has 6 heteroatoms. The lowest BCUT2D eigenvalue weighted by Gasteiger charge is -2.14. The Morgan fingerprint density at radius 2 is 1.84 bits per heavy atom. The molecule has 0 unspecified atom stereocenters. The van der Waals surface area contributed by atoms with Crippen molar-refractivity contribution in [3.8, 4) is 0 Å². The van der Waals surface area contributed by atoms with Crippen LogP contribution in [0.15, 0.2) is 30.4 Å². The van der Waals surface area contributed by atoms with E-state index in [9.17, 15) is 14.4 Å². The van der Waals surface area contributed by atoms with Gasteiger partial charge in [-0.05, 0) is 43.9 Å². The van der Waals surface area contributed by atoms with Crippen molar-refractivity contribution in [2.45, 2.75) is 32.6 Å². The van der Waals surface area contributed by atoms with Crippen LogP contribution < -0.4 is 5.32 Å². The predicted molar refractivity (Wildman–Crippen MR) is 96.1 cm³/mol.